The molecule has 0 aliphatic carbocycles. The normalized spacial score (nSPS) is 11.5. The van der Waals surface area contributed by atoms with Crippen LogP contribution in [0.15, 0.2) is 249 Å². The number of aryl methyl sites for hydroxylation is 1. The summed E-state index contributed by atoms with van der Waals surface area (Å²) in [5.41, 5.74) is 17.7. The number of nitrogens with zero attached hydrogens (tertiary/aromatic N) is 2. The zero-order chi connectivity index (χ0) is 43.3. The molecule has 0 unspecified atom stereocenters. The van der Waals surface area contributed by atoms with Crippen molar-refractivity contribution in [2.24, 2.45) is 0 Å². The molecule has 12 aromatic rings. The van der Waals surface area contributed by atoms with Crippen LogP contribution in [0.2, 0.25) is 0 Å². The molecule has 2 nitrogen and oxygen atoms in total. The van der Waals surface area contributed by atoms with Gasteiger partial charge in [0, 0.05) is 33.5 Å². The number of aromatic nitrogens is 1. The van der Waals surface area contributed by atoms with Crippen LogP contribution in [0.4, 0.5) is 17.1 Å². The maximum Gasteiger partial charge on any atom is 0.0541 e. The van der Waals surface area contributed by atoms with Gasteiger partial charge in [0.05, 0.1) is 11.0 Å². The number of benzene rings is 11. The van der Waals surface area contributed by atoms with Gasteiger partial charge < -0.3 is 9.47 Å². The Morgan fingerprint density at radius 1 is 0.292 bits per heavy atom. The van der Waals surface area contributed by atoms with E-state index < -0.39 is 0 Å². The molecule has 0 aliphatic heterocycles. The maximum absolute atomic E-state index is 2.38. The second-order valence-corrected chi connectivity index (χ2v) is 17.0. The van der Waals surface area contributed by atoms with E-state index in [1.165, 1.54) is 93.4 Å². The second-order valence-electron chi connectivity index (χ2n) is 17.0. The predicted octanol–water partition coefficient (Wildman–Crippen LogP) is 17.5. The summed E-state index contributed by atoms with van der Waals surface area (Å²) in [6, 6.07) is 90.8. The molecule has 0 radical (unpaired) electrons. The van der Waals surface area contributed by atoms with Crippen LogP contribution in [-0.4, -0.2) is 4.57 Å². The fourth-order valence-electron chi connectivity index (χ4n) is 9.74. The van der Waals surface area contributed by atoms with Crippen molar-refractivity contribution in [2.45, 2.75) is 6.92 Å². The average molecular weight is 829 g/mol. The molecule has 0 amide bonds. The van der Waals surface area contributed by atoms with E-state index in [-0.39, 0.29) is 0 Å². The molecule has 306 valence electrons. The molecular weight excluding hydrogens is 785 g/mol. The molecule has 65 heavy (non-hydrogen) atoms. The van der Waals surface area contributed by atoms with Crippen LogP contribution in [0.3, 0.4) is 0 Å². The molecule has 0 saturated heterocycles. The van der Waals surface area contributed by atoms with Crippen molar-refractivity contribution in [3.8, 4) is 50.2 Å². The summed E-state index contributed by atoms with van der Waals surface area (Å²) in [6.45, 7) is 2.13. The average Bonchev–Trinajstić information content (AvgIpc) is 3.72. The zero-order valence-corrected chi connectivity index (χ0v) is 36.1. The van der Waals surface area contributed by atoms with Gasteiger partial charge in [-0.25, -0.2) is 0 Å². The van der Waals surface area contributed by atoms with Gasteiger partial charge in [0.15, 0.2) is 0 Å². The van der Waals surface area contributed by atoms with Crippen molar-refractivity contribution in [1.29, 1.82) is 0 Å². The predicted molar refractivity (Wildman–Crippen MR) is 277 cm³/mol. The van der Waals surface area contributed by atoms with Gasteiger partial charge in [-0.3, -0.25) is 0 Å². The van der Waals surface area contributed by atoms with Crippen LogP contribution >= 0.6 is 0 Å². The molecule has 1 aromatic heterocycles. The molecule has 0 saturated carbocycles. The number of fused-ring (bicyclic) bond motifs is 6. The van der Waals surface area contributed by atoms with Crippen LogP contribution in [0.1, 0.15) is 5.56 Å². The van der Waals surface area contributed by atoms with Gasteiger partial charge in [-0.1, -0.05) is 188 Å². The first kappa shape index (κ1) is 38.2. The minimum atomic E-state index is 1.09. The first-order valence-electron chi connectivity index (χ1n) is 22.4. The standard InChI is InChI=1S/C63H44N2/c1-43-18-20-44(21-19-43)45-22-24-46(25-23-45)48-30-34-52(35-31-48)64(54-38-40-55(41-39-54)65-62-16-8-6-14-59(62)60-15-7-9-17-63(60)65)53-36-32-49(33-37-53)47-26-28-50(29-27-47)61-42-51-10-2-3-11-56(51)57-12-4-5-13-58(57)61/h2-42H,1H3. The largest absolute Gasteiger partial charge is 0.311 e. The summed E-state index contributed by atoms with van der Waals surface area (Å²) in [6.07, 6.45) is 0. The minimum Gasteiger partial charge on any atom is -0.311 e. The molecule has 12 rings (SSSR count). The van der Waals surface area contributed by atoms with Gasteiger partial charge in [0.1, 0.15) is 0 Å². The zero-order valence-electron chi connectivity index (χ0n) is 36.1. The van der Waals surface area contributed by atoms with Gasteiger partial charge in [-0.2, -0.15) is 0 Å². The quantitative estimate of drug-likeness (QED) is 0.139. The topological polar surface area (TPSA) is 8.17 Å². The summed E-state index contributed by atoms with van der Waals surface area (Å²) in [4.78, 5) is 2.36. The lowest BCUT2D eigenvalue weighted by molar-refractivity contribution is 1.17. The Morgan fingerprint density at radius 2 is 0.646 bits per heavy atom. The van der Waals surface area contributed by atoms with Crippen molar-refractivity contribution in [3.63, 3.8) is 0 Å². The van der Waals surface area contributed by atoms with E-state index >= 15 is 0 Å². The molecule has 0 spiro atoms. The van der Waals surface area contributed by atoms with E-state index in [2.05, 4.69) is 265 Å². The Bertz CT molecular complexity index is 3600. The SMILES string of the molecule is Cc1ccc(-c2ccc(-c3ccc(N(c4ccc(-c5ccc(-c6cc7ccccc7c7ccccc67)cc5)cc4)c4ccc(-n5c6ccccc6c6ccccc65)cc4)cc3)cc2)cc1. The smallest absolute Gasteiger partial charge is 0.0541 e. The highest BCUT2D eigenvalue weighted by Crippen LogP contribution is 2.40. The lowest BCUT2D eigenvalue weighted by atomic mass is 9.92. The van der Waals surface area contributed by atoms with E-state index in [1.54, 1.807) is 0 Å². The van der Waals surface area contributed by atoms with Crippen LogP contribution in [0.5, 0.6) is 0 Å². The third-order valence-electron chi connectivity index (χ3n) is 13.1. The number of anilines is 3. The van der Waals surface area contributed by atoms with E-state index in [0.29, 0.717) is 0 Å². The van der Waals surface area contributed by atoms with Gasteiger partial charge in [-0.15, -0.1) is 0 Å². The minimum absolute atomic E-state index is 1.09. The Labute approximate surface area is 379 Å². The highest BCUT2D eigenvalue weighted by molar-refractivity contribution is 6.14. The number of para-hydroxylation sites is 2. The summed E-state index contributed by atoms with van der Waals surface area (Å²) in [7, 11) is 0. The Hall–Kier alpha value is -8.46. The molecule has 0 aliphatic rings. The van der Waals surface area contributed by atoms with Crippen molar-refractivity contribution >= 4 is 60.4 Å². The molecular formula is C63H44N2. The maximum atomic E-state index is 2.38. The lowest BCUT2D eigenvalue weighted by Gasteiger charge is -2.26. The van der Waals surface area contributed by atoms with E-state index in [0.717, 1.165) is 22.7 Å². The molecule has 0 atom stereocenters. The van der Waals surface area contributed by atoms with E-state index in [1.807, 2.05) is 0 Å². The van der Waals surface area contributed by atoms with Crippen molar-refractivity contribution in [1.82, 2.24) is 4.57 Å². The first-order chi connectivity index (χ1) is 32.1. The van der Waals surface area contributed by atoms with Crippen LogP contribution in [0, 0.1) is 6.92 Å². The van der Waals surface area contributed by atoms with Crippen LogP contribution in [-0.2, 0) is 0 Å². The van der Waals surface area contributed by atoms with Gasteiger partial charge in [-0.05, 0) is 140 Å². The summed E-state index contributed by atoms with van der Waals surface area (Å²) in [5.74, 6) is 0. The monoisotopic (exact) mass is 828 g/mol. The first-order valence-corrected chi connectivity index (χ1v) is 22.4. The third kappa shape index (κ3) is 6.93. The summed E-state index contributed by atoms with van der Waals surface area (Å²) in [5, 5.41) is 7.63. The second kappa shape index (κ2) is 16.0. The van der Waals surface area contributed by atoms with Crippen molar-refractivity contribution < 1.29 is 0 Å². The number of rotatable bonds is 8. The van der Waals surface area contributed by atoms with E-state index in [4.69, 9.17) is 0 Å². The fraction of sp³-hybridized carbons (Fsp3) is 0.0159. The van der Waals surface area contributed by atoms with Crippen molar-refractivity contribution in [3.05, 3.63) is 254 Å². The molecule has 0 fully saturated rings. The lowest BCUT2D eigenvalue weighted by Crippen LogP contribution is -2.10. The van der Waals surface area contributed by atoms with Crippen molar-refractivity contribution in [2.75, 3.05) is 4.90 Å². The van der Waals surface area contributed by atoms with Crippen LogP contribution in [0.25, 0.3) is 93.5 Å². The number of hydrogen-bond acceptors (Lipinski definition) is 1. The van der Waals surface area contributed by atoms with E-state index in [9.17, 15) is 0 Å². The van der Waals surface area contributed by atoms with Gasteiger partial charge >= 0.3 is 0 Å². The highest BCUT2D eigenvalue weighted by atomic mass is 15.1. The third-order valence-corrected chi connectivity index (χ3v) is 13.1. The summed E-state index contributed by atoms with van der Waals surface area (Å²) < 4.78 is 2.38. The Kier molecular flexibility index (Phi) is 9.43. The van der Waals surface area contributed by atoms with Gasteiger partial charge in [0.25, 0.3) is 0 Å². The highest BCUT2D eigenvalue weighted by Gasteiger charge is 2.17. The molecule has 0 bridgehead atoms. The Morgan fingerprint density at radius 3 is 1.14 bits per heavy atom. The molecule has 1 heterocycles. The summed E-state index contributed by atoms with van der Waals surface area (Å²) >= 11 is 0. The number of hydrogen-bond donors (Lipinski definition) is 0. The fourth-order valence-corrected chi connectivity index (χ4v) is 9.74. The van der Waals surface area contributed by atoms with Crippen LogP contribution < -0.4 is 4.90 Å². The molecule has 0 N–H and O–H groups in total. The molecule has 2 heteroatoms. The Balaban J connectivity index is 0.889. The van der Waals surface area contributed by atoms with Gasteiger partial charge in [0.2, 0.25) is 0 Å². The molecule has 11 aromatic carbocycles.